The predicted molar refractivity (Wildman–Crippen MR) is 69.0 cm³/mol. The van der Waals surface area contributed by atoms with E-state index in [0.29, 0.717) is 12.6 Å². The Labute approximate surface area is 103 Å². The highest BCUT2D eigenvalue weighted by atomic mass is 16.5. The Balaban J connectivity index is 1.89. The first-order valence-corrected chi connectivity index (χ1v) is 6.59. The molecule has 94 valence electrons. The molecule has 17 heavy (non-hydrogen) atoms. The maximum Gasteiger partial charge on any atom is 0.138 e. The smallest absolute Gasteiger partial charge is 0.138 e. The van der Waals surface area contributed by atoms with Crippen LogP contribution in [0.1, 0.15) is 38.3 Å². The predicted octanol–water partition coefficient (Wildman–Crippen LogP) is 2.54. The van der Waals surface area contributed by atoms with E-state index in [1.54, 1.807) is 0 Å². The number of nitrogens with two attached hydrogens (primary N) is 1. The zero-order valence-electron chi connectivity index (χ0n) is 10.6. The van der Waals surface area contributed by atoms with E-state index in [-0.39, 0.29) is 0 Å². The second-order valence-electron chi connectivity index (χ2n) is 5.04. The number of pyridine rings is 1. The van der Waals surface area contributed by atoms with Crippen LogP contribution in [0.5, 0.6) is 5.75 Å². The van der Waals surface area contributed by atoms with Gasteiger partial charge in [-0.25, -0.2) is 0 Å². The molecule has 0 saturated heterocycles. The highest BCUT2D eigenvalue weighted by molar-refractivity contribution is 5.20. The Hall–Kier alpha value is -1.09. The lowest BCUT2D eigenvalue weighted by Crippen LogP contribution is -2.24. The van der Waals surface area contributed by atoms with Crippen molar-refractivity contribution in [3.05, 3.63) is 24.0 Å². The normalized spacial score (nSPS) is 24.6. The standard InChI is InChI=1S/C14H22N2O/c1-11-3-2-4-13(9-11)17-14-6-5-12(7-8-15)16-10-14/h5-6,10-11,13H,2-4,7-9,15H2,1H3. The molecule has 1 aliphatic rings. The Bertz CT molecular complexity index is 337. The van der Waals surface area contributed by atoms with Gasteiger partial charge in [0.25, 0.3) is 0 Å². The zero-order chi connectivity index (χ0) is 12.1. The van der Waals surface area contributed by atoms with Crippen LogP contribution in [0.25, 0.3) is 0 Å². The van der Waals surface area contributed by atoms with E-state index in [9.17, 15) is 0 Å². The van der Waals surface area contributed by atoms with Crippen molar-refractivity contribution in [1.82, 2.24) is 4.98 Å². The summed E-state index contributed by atoms with van der Waals surface area (Å²) in [5.41, 5.74) is 6.53. The molecule has 0 bridgehead atoms. The highest BCUT2D eigenvalue weighted by Crippen LogP contribution is 2.27. The van der Waals surface area contributed by atoms with Crippen LogP contribution in [0.15, 0.2) is 18.3 Å². The molecule has 3 heteroatoms. The van der Waals surface area contributed by atoms with Crippen molar-refractivity contribution in [1.29, 1.82) is 0 Å². The molecule has 2 atom stereocenters. The van der Waals surface area contributed by atoms with Crippen molar-refractivity contribution in [2.24, 2.45) is 11.7 Å². The van der Waals surface area contributed by atoms with Crippen molar-refractivity contribution in [2.45, 2.75) is 45.1 Å². The van der Waals surface area contributed by atoms with Crippen LogP contribution >= 0.6 is 0 Å². The molecule has 1 heterocycles. The summed E-state index contributed by atoms with van der Waals surface area (Å²) in [7, 11) is 0. The second-order valence-corrected chi connectivity index (χ2v) is 5.04. The fraction of sp³-hybridized carbons (Fsp3) is 0.643. The minimum atomic E-state index is 0.376. The number of aromatic nitrogens is 1. The molecule has 0 spiro atoms. The third kappa shape index (κ3) is 3.70. The lowest BCUT2D eigenvalue weighted by Gasteiger charge is -2.27. The van der Waals surface area contributed by atoms with Gasteiger partial charge in [0.15, 0.2) is 0 Å². The Morgan fingerprint density at radius 2 is 2.29 bits per heavy atom. The number of hydrogen-bond donors (Lipinski definition) is 1. The molecule has 0 aliphatic heterocycles. The van der Waals surface area contributed by atoms with Crippen LogP contribution in [-0.4, -0.2) is 17.6 Å². The number of ether oxygens (including phenoxy) is 1. The van der Waals surface area contributed by atoms with Gasteiger partial charge in [0, 0.05) is 12.1 Å². The topological polar surface area (TPSA) is 48.1 Å². The van der Waals surface area contributed by atoms with Gasteiger partial charge in [0.05, 0.1) is 12.3 Å². The van der Waals surface area contributed by atoms with Gasteiger partial charge >= 0.3 is 0 Å². The summed E-state index contributed by atoms with van der Waals surface area (Å²) in [6, 6.07) is 4.02. The molecule has 3 nitrogen and oxygen atoms in total. The van der Waals surface area contributed by atoms with Crippen LogP contribution in [0.4, 0.5) is 0 Å². The van der Waals surface area contributed by atoms with Gasteiger partial charge in [-0.2, -0.15) is 0 Å². The summed E-state index contributed by atoms with van der Waals surface area (Å²) in [6.45, 7) is 2.95. The van der Waals surface area contributed by atoms with Gasteiger partial charge in [-0.1, -0.05) is 13.3 Å². The molecule has 2 rings (SSSR count). The van der Waals surface area contributed by atoms with Crippen LogP contribution in [0.3, 0.4) is 0 Å². The lowest BCUT2D eigenvalue weighted by molar-refractivity contribution is 0.128. The Morgan fingerprint density at radius 1 is 1.41 bits per heavy atom. The fourth-order valence-corrected chi connectivity index (χ4v) is 2.45. The van der Waals surface area contributed by atoms with E-state index in [2.05, 4.69) is 11.9 Å². The first-order valence-electron chi connectivity index (χ1n) is 6.59. The van der Waals surface area contributed by atoms with E-state index < -0.39 is 0 Å². The molecule has 0 radical (unpaired) electrons. The van der Waals surface area contributed by atoms with E-state index in [1.165, 1.54) is 25.7 Å². The van der Waals surface area contributed by atoms with Crippen molar-refractivity contribution >= 4 is 0 Å². The lowest BCUT2D eigenvalue weighted by atomic mass is 9.89. The molecular weight excluding hydrogens is 212 g/mol. The summed E-state index contributed by atoms with van der Waals surface area (Å²) >= 11 is 0. The summed E-state index contributed by atoms with van der Waals surface area (Å²) in [5.74, 6) is 1.68. The molecule has 2 unspecified atom stereocenters. The quantitative estimate of drug-likeness (QED) is 0.871. The van der Waals surface area contributed by atoms with E-state index in [0.717, 1.165) is 23.8 Å². The molecule has 2 N–H and O–H groups in total. The molecule has 1 aromatic heterocycles. The van der Waals surface area contributed by atoms with Gasteiger partial charge in [-0.05, 0) is 43.9 Å². The van der Waals surface area contributed by atoms with Crippen LogP contribution in [-0.2, 0) is 6.42 Å². The van der Waals surface area contributed by atoms with E-state index >= 15 is 0 Å². The largest absolute Gasteiger partial charge is 0.489 e. The van der Waals surface area contributed by atoms with Gasteiger partial charge in [-0.3, -0.25) is 4.98 Å². The Kier molecular flexibility index (Phi) is 4.37. The van der Waals surface area contributed by atoms with Gasteiger partial charge in [0.1, 0.15) is 5.75 Å². The summed E-state index contributed by atoms with van der Waals surface area (Å²) < 4.78 is 5.97. The van der Waals surface area contributed by atoms with Crippen LogP contribution < -0.4 is 10.5 Å². The molecular formula is C14H22N2O. The number of nitrogens with zero attached hydrogens (tertiary/aromatic N) is 1. The number of hydrogen-bond acceptors (Lipinski definition) is 3. The molecule has 1 saturated carbocycles. The first-order chi connectivity index (χ1) is 8.28. The average molecular weight is 234 g/mol. The van der Waals surface area contributed by atoms with Gasteiger partial charge in [-0.15, -0.1) is 0 Å². The molecule has 0 aromatic carbocycles. The van der Waals surface area contributed by atoms with Gasteiger partial charge < -0.3 is 10.5 Å². The molecule has 1 aliphatic carbocycles. The van der Waals surface area contributed by atoms with E-state index in [4.69, 9.17) is 10.5 Å². The fourth-order valence-electron chi connectivity index (χ4n) is 2.45. The third-order valence-corrected chi connectivity index (χ3v) is 3.39. The maximum absolute atomic E-state index is 5.97. The first kappa shape index (κ1) is 12.4. The second kappa shape index (κ2) is 6.01. The summed E-state index contributed by atoms with van der Waals surface area (Å²) in [5, 5.41) is 0. The van der Waals surface area contributed by atoms with Crippen LogP contribution in [0, 0.1) is 5.92 Å². The zero-order valence-corrected chi connectivity index (χ0v) is 10.6. The molecule has 1 fully saturated rings. The number of rotatable bonds is 4. The highest BCUT2D eigenvalue weighted by Gasteiger charge is 2.20. The third-order valence-electron chi connectivity index (χ3n) is 3.39. The molecule has 1 aromatic rings. The summed E-state index contributed by atoms with van der Waals surface area (Å²) in [6.07, 6.45) is 8.00. The van der Waals surface area contributed by atoms with Crippen molar-refractivity contribution in [2.75, 3.05) is 6.54 Å². The average Bonchev–Trinajstić information content (AvgIpc) is 2.32. The maximum atomic E-state index is 5.97. The van der Waals surface area contributed by atoms with Crippen molar-refractivity contribution in [3.8, 4) is 5.75 Å². The SMILES string of the molecule is CC1CCCC(Oc2ccc(CCN)nc2)C1. The van der Waals surface area contributed by atoms with Crippen molar-refractivity contribution in [3.63, 3.8) is 0 Å². The minimum absolute atomic E-state index is 0.376. The van der Waals surface area contributed by atoms with E-state index in [1.807, 2.05) is 18.3 Å². The summed E-state index contributed by atoms with van der Waals surface area (Å²) in [4.78, 5) is 4.35. The van der Waals surface area contributed by atoms with Crippen LogP contribution in [0.2, 0.25) is 0 Å². The minimum Gasteiger partial charge on any atom is -0.489 e. The van der Waals surface area contributed by atoms with Crippen molar-refractivity contribution < 1.29 is 4.74 Å². The molecule has 0 amide bonds. The Morgan fingerprint density at radius 3 is 2.94 bits per heavy atom. The van der Waals surface area contributed by atoms with Gasteiger partial charge in [0.2, 0.25) is 0 Å². The monoisotopic (exact) mass is 234 g/mol.